The van der Waals surface area contributed by atoms with Gasteiger partial charge in [0.15, 0.2) is 5.78 Å². The minimum Gasteiger partial charge on any atom is -0.372 e. The van der Waals surface area contributed by atoms with Gasteiger partial charge in [0, 0.05) is 53.3 Å². The number of fused-ring (bicyclic) bond motifs is 5. The summed E-state index contributed by atoms with van der Waals surface area (Å²) in [6.07, 6.45) is 5.10. The van der Waals surface area contributed by atoms with Gasteiger partial charge in [-0.05, 0) is 44.4 Å². The van der Waals surface area contributed by atoms with Gasteiger partial charge in [-0.1, -0.05) is 12.1 Å². The van der Waals surface area contributed by atoms with Gasteiger partial charge in [-0.2, -0.15) is 0 Å². The van der Waals surface area contributed by atoms with Crippen molar-refractivity contribution in [3.8, 4) is 11.3 Å². The zero-order valence-corrected chi connectivity index (χ0v) is 15.3. The molecular formula is C22H24N2O2. The van der Waals surface area contributed by atoms with E-state index in [1.54, 1.807) is 0 Å². The molecule has 0 bridgehead atoms. The van der Waals surface area contributed by atoms with E-state index in [0.717, 1.165) is 42.8 Å². The van der Waals surface area contributed by atoms with Crippen molar-refractivity contribution < 1.29 is 9.53 Å². The van der Waals surface area contributed by atoms with Crippen molar-refractivity contribution in [3.63, 3.8) is 0 Å². The number of hydrogen-bond donors (Lipinski definition) is 1. The lowest BCUT2D eigenvalue weighted by Gasteiger charge is -2.37. The highest BCUT2D eigenvalue weighted by Gasteiger charge is 2.28. The van der Waals surface area contributed by atoms with Gasteiger partial charge in [-0.3, -0.25) is 4.79 Å². The number of nitrogens with one attached hydrogen (secondary N) is 1. The molecule has 0 radical (unpaired) electrons. The predicted octanol–water partition coefficient (Wildman–Crippen LogP) is 4.41. The highest BCUT2D eigenvalue weighted by Crippen LogP contribution is 2.42. The average Bonchev–Trinajstić information content (AvgIpc) is 2.99. The molecule has 2 unspecified atom stereocenters. The van der Waals surface area contributed by atoms with E-state index in [-0.39, 0.29) is 18.0 Å². The fourth-order valence-electron chi connectivity index (χ4n) is 4.78. The molecule has 1 aromatic carbocycles. The van der Waals surface area contributed by atoms with Gasteiger partial charge in [-0.15, -0.1) is 0 Å². The quantitative estimate of drug-likeness (QED) is 0.709. The van der Waals surface area contributed by atoms with Gasteiger partial charge in [-0.25, -0.2) is 0 Å². The van der Waals surface area contributed by atoms with Crippen molar-refractivity contribution in [2.75, 3.05) is 18.0 Å². The van der Waals surface area contributed by atoms with Crippen molar-refractivity contribution in [1.82, 2.24) is 4.98 Å². The summed E-state index contributed by atoms with van der Waals surface area (Å²) in [5.41, 5.74) is 5.52. The first kappa shape index (κ1) is 15.9. The number of aryl methyl sites for hydroxylation is 1. The lowest BCUT2D eigenvalue weighted by atomic mass is 9.88. The van der Waals surface area contributed by atoms with E-state index >= 15 is 0 Å². The Bertz CT molecular complexity index is 964. The molecule has 134 valence electrons. The molecule has 2 atom stereocenters. The van der Waals surface area contributed by atoms with Gasteiger partial charge in [0.1, 0.15) is 0 Å². The molecule has 0 spiro atoms. The van der Waals surface area contributed by atoms with Crippen molar-refractivity contribution >= 4 is 22.2 Å². The molecule has 1 N–H and O–H groups in total. The zero-order chi connectivity index (χ0) is 17.8. The van der Waals surface area contributed by atoms with Crippen LogP contribution in [0.1, 0.15) is 42.6 Å². The maximum absolute atomic E-state index is 12.6. The number of carbonyl (C=O) groups excluding carboxylic acids is 1. The Labute approximate surface area is 153 Å². The molecule has 2 heterocycles. The Morgan fingerprint density at radius 3 is 2.73 bits per heavy atom. The monoisotopic (exact) mass is 348 g/mol. The average molecular weight is 348 g/mol. The van der Waals surface area contributed by atoms with E-state index < -0.39 is 0 Å². The maximum Gasteiger partial charge on any atom is 0.163 e. The third kappa shape index (κ3) is 2.36. The SMILES string of the molecule is CC1CN(c2cccc3c4[nH]cc5c(c-4cc23)C(=O)CCC5)CC(C)O1. The minimum atomic E-state index is 0.222. The summed E-state index contributed by atoms with van der Waals surface area (Å²) in [5, 5.41) is 2.43. The lowest BCUT2D eigenvalue weighted by Crippen LogP contribution is -2.45. The number of pyridine rings is 1. The van der Waals surface area contributed by atoms with Crippen LogP contribution in [0.3, 0.4) is 0 Å². The molecule has 1 aromatic rings. The summed E-state index contributed by atoms with van der Waals surface area (Å²) in [5.74, 6) is 0.288. The minimum absolute atomic E-state index is 0.222. The third-order valence-corrected chi connectivity index (χ3v) is 5.78. The van der Waals surface area contributed by atoms with Crippen molar-refractivity contribution in [3.05, 3.63) is 41.6 Å². The molecule has 4 nitrogen and oxygen atoms in total. The predicted molar refractivity (Wildman–Crippen MR) is 104 cm³/mol. The summed E-state index contributed by atoms with van der Waals surface area (Å²) >= 11 is 0. The Morgan fingerprint density at radius 1 is 1.12 bits per heavy atom. The first-order valence-corrected chi connectivity index (χ1v) is 9.61. The van der Waals surface area contributed by atoms with Crippen LogP contribution in [0.4, 0.5) is 5.69 Å². The van der Waals surface area contributed by atoms with Crippen LogP contribution in [0.5, 0.6) is 0 Å². The number of H-pyrrole nitrogens is 1. The molecule has 26 heavy (non-hydrogen) atoms. The highest BCUT2D eigenvalue weighted by molar-refractivity contribution is 6.13. The number of ketones is 1. The molecular weight excluding hydrogens is 324 g/mol. The maximum atomic E-state index is 12.6. The van der Waals surface area contributed by atoms with Gasteiger partial charge in [0.05, 0.1) is 17.9 Å². The number of Topliss-reactive ketones (excluding diaryl/α,β-unsaturated/α-hetero) is 1. The summed E-state index contributed by atoms with van der Waals surface area (Å²) in [6.45, 7) is 6.05. The third-order valence-electron chi connectivity index (χ3n) is 5.78. The Balaban J connectivity index is 1.72. The van der Waals surface area contributed by atoms with Crippen LogP contribution >= 0.6 is 0 Å². The fourth-order valence-corrected chi connectivity index (χ4v) is 4.78. The van der Waals surface area contributed by atoms with Gasteiger partial charge in [0.2, 0.25) is 0 Å². The molecule has 0 amide bonds. The molecule has 4 aliphatic rings. The van der Waals surface area contributed by atoms with Crippen LogP contribution in [0.2, 0.25) is 0 Å². The number of ether oxygens (including phenoxy) is 1. The number of morpholine rings is 1. The molecule has 0 aromatic heterocycles. The molecule has 2 aliphatic heterocycles. The Kier molecular flexibility index (Phi) is 3.57. The van der Waals surface area contributed by atoms with E-state index in [1.807, 2.05) is 6.20 Å². The van der Waals surface area contributed by atoms with E-state index in [1.165, 1.54) is 22.0 Å². The first-order chi connectivity index (χ1) is 12.6. The van der Waals surface area contributed by atoms with E-state index in [0.29, 0.717) is 6.42 Å². The van der Waals surface area contributed by atoms with Crippen LogP contribution in [-0.4, -0.2) is 36.1 Å². The van der Waals surface area contributed by atoms with Crippen LogP contribution in [0.15, 0.2) is 30.5 Å². The molecule has 4 heteroatoms. The van der Waals surface area contributed by atoms with Crippen LogP contribution in [0.25, 0.3) is 22.0 Å². The molecule has 5 rings (SSSR count). The second-order valence-electron chi connectivity index (χ2n) is 7.80. The highest BCUT2D eigenvalue weighted by atomic mass is 16.5. The number of hydrogen-bond acceptors (Lipinski definition) is 3. The lowest BCUT2D eigenvalue weighted by molar-refractivity contribution is -0.00513. The van der Waals surface area contributed by atoms with Gasteiger partial charge < -0.3 is 14.6 Å². The number of carbonyl (C=O) groups is 1. The first-order valence-electron chi connectivity index (χ1n) is 9.61. The van der Waals surface area contributed by atoms with Gasteiger partial charge in [0.25, 0.3) is 0 Å². The van der Waals surface area contributed by atoms with Crippen molar-refractivity contribution in [2.45, 2.75) is 45.3 Å². The Hall–Kier alpha value is -2.33. The summed E-state index contributed by atoms with van der Waals surface area (Å²) in [4.78, 5) is 18.5. The number of nitrogens with zero attached hydrogens (tertiary/aromatic N) is 1. The normalized spacial score (nSPS) is 23.6. The van der Waals surface area contributed by atoms with E-state index in [4.69, 9.17) is 4.74 Å². The number of rotatable bonds is 1. The second-order valence-corrected chi connectivity index (χ2v) is 7.80. The molecule has 2 aliphatic carbocycles. The summed E-state index contributed by atoms with van der Waals surface area (Å²) in [6, 6.07) is 8.70. The topological polar surface area (TPSA) is 45.3 Å². The van der Waals surface area contributed by atoms with Crippen molar-refractivity contribution in [2.24, 2.45) is 0 Å². The fraction of sp³-hybridized carbons (Fsp3) is 0.409. The number of benzene rings is 1. The smallest absolute Gasteiger partial charge is 0.163 e. The van der Waals surface area contributed by atoms with Gasteiger partial charge >= 0.3 is 0 Å². The zero-order valence-electron chi connectivity index (χ0n) is 15.3. The number of aromatic amines is 1. The van der Waals surface area contributed by atoms with E-state index in [9.17, 15) is 4.79 Å². The van der Waals surface area contributed by atoms with Crippen LogP contribution in [-0.2, 0) is 11.2 Å². The molecule has 0 saturated carbocycles. The summed E-state index contributed by atoms with van der Waals surface area (Å²) < 4.78 is 5.90. The van der Waals surface area contributed by atoms with Crippen LogP contribution in [0, 0.1) is 0 Å². The Morgan fingerprint density at radius 2 is 1.92 bits per heavy atom. The van der Waals surface area contributed by atoms with Crippen molar-refractivity contribution in [1.29, 1.82) is 0 Å². The molecule has 1 fully saturated rings. The largest absolute Gasteiger partial charge is 0.372 e. The van der Waals surface area contributed by atoms with Crippen LogP contribution < -0.4 is 4.90 Å². The standard InChI is InChI=1S/C22H24N2O2/c1-13-11-24(12-14(2)26-13)19-7-4-6-16-17(19)9-18-21-15(10-23-22(16)18)5-3-8-20(21)25/h4,6-7,9-10,13-14,23H,3,5,8,11-12H2,1-2H3. The summed E-state index contributed by atoms with van der Waals surface area (Å²) in [7, 11) is 0. The number of aromatic nitrogens is 1. The number of anilines is 1. The molecule has 1 saturated heterocycles. The van der Waals surface area contributed by atoms with E-state index in [2.05, 4.69) is 48.0 Å². The second kappa shape index (κ2) is 5.85.